The van der Waals surface area contributed by atoms with Crippen LogP contribution in [0.2, 0.25) is 0 Å². The molecule has 1 aliphatic rings. The Labute approximate surface area is 183 Å². The monoisotopic (exact) mass is 426 g/mol. The number of nitrogens with zero attached hydrogens (tertiary/aromatic N) is 6. The van der Waals surface area contributed by atoms with Gasteiger partial charge < -0.3 is 9.42 Å². The van der Waals surface area contributed by atoms with Crippen molar-refractivity contribution < 1.29 is 9.32 Å². The molecular weight excluding hydrogens is 392 g/mol. The molecule has 0 saturated carbocycles. The van der Waals surface area contributed by atoms with E-state index in [1.54, 1.807) is 17.3 Å². The third-order valence-electron chi connectivity index (χ3n) is 5.68. The molecule has 0 radical (unpaired) electrons. The van der Waals surface area contributed by atoms with E-state index in [0.717, 1.165) is 42.8 Å². The van der Waals surface area contributed by atoms with E-state index in [9.17, 15) is 4.79 Å². The van der Waals surface area contributed by atoms with Crippen LogP contribution in [0.25, 0.3) is 0 Å². The van der Waals surface area contributed by atoms with Gasteiger partial charge in [-0.1, -0.05) is 32.3 Å². The van der Waals surface area contributed by atoms with Crippen molar-refractivity contribution in [2.75, 3.05) is 7.05 Å². The van der Waals surface area contributed by atoms with Gasteiger partial charge in [0.25, 0.3) is 0 Å². The minimum Gasteiger partial charge on any atom is -0.337 e. The van der Waals surface area contributed by atoms with Crippen LogP contribution in [-0.2, 0) is 11.2 Å². The van der Waals surface area contributed by atoms with Crippen LogP contribution in [-0.4, -0.2) is 38.6 Å². The molecule has 2 aromatic rings. The third kappa shape index (κ3) is 5.95. The van der Waals surface area contributed by atoms with Crippen LogP contribution in [0.15, 0.2) is 33.0 Å². The molecule has 8 nitrogen and oxygen atoms in total. The van der Waals surface area contributed by atoms with Crippen molar-refractivity contribution in [2.24, 2.45) is 15.9 Å². The number of rotatable bonds is 11. The molecule has 2 unspecified atom stereocenters. The lowest BCUT2D eigenvalue weighted by Crippen LogP contribution is -2.32. The highest BCUT2D eigenvalue weighted by Crippen LogP contribution is 2.27. The summed E-state index contributed by atoms with van der Waals surface area (Å²) in [5.74, 6) is 1.74. The Bertz CT molecular complexity index is 964. The molecule has 168 valence electrons. The Kier molecular flexibility index (Phi) is 7.51. The molecule has 1 amide bonds. The number of amides is 1. The maximum absolute atomic E-state index is 12.8. The average Bonchev–Trinajstić information content (AvgIpc) is 3.34. The predicted molar refractivity (Wildman–Crippen MR) is 117 cm³/mol. The zero-order chi connectivity index (χ0) is 22.4. The molecule has 0 spiro atoms. The van der Waals surface area contributed by atoms with Gasteiger partial charge in [0, 0.05) is 26.1 Å². The molecule has 0 aromatic carbocycles. The topological polar surface area (TPSA) is 96.8 Å². The lowest BCUT2D eigenvalue weighted by Gasteiger charge is -2.27. The molecule has 2 aromatic heterocycles. The molecular formula is C23H34N6O2. The van der Waals surface area contributed by atoms with Crippen molar-refractivity contribution >= 4 is 5.91 Å². The minimum absolute atomic E-state index is 0.113. The first-order valence-electron chi connectivity index (χ1n) is 11.3. The van der Waals surface area contributed by atoms with Crippen molar-refractivity contribution in [3.63, 3.8) is 0 Å². The van der Waals surface area contributed by atoms with Crippen LogP contribution >= 0.6 is 0 Å². The van der Waals surface area contributed by atoms with E-state index in [1.165, 1.54) is 0 Å². The lowest BCUT2D eigenvalue weighted by molar-refractivity contribution is -0.133. The van der Waals surface area contributed by atoms with E-state index in [1.807, 2.05) is 20.0 Å². The Balaban J connectivity index is 1.48. The summed E-state index contributed by atoms with van der Waals surface area (Å²) in [6.45, 7) is 8.31. The van der Waals surface area contributed by atoms with Crippen molar-refractivity contribution in [2.45, 2.75) is 84.3 Å². The van der Waals surface area contributed by atoms with E-state index in [0.29, 0.717) is 30.5 Å². The van der Waals surface area contributed by atoms with Crippen LogP contribution in [0.3, 0.4) is 0 Å². The number of carbonyl (C=O) groups is 1. The Morgan fingerprint density at radius 3 is 2.65 bits per heavy atom. The van der Waals surface area contributed by atoms with Crippen LogP contribution in [0.5, 0.6) is 0 Å². The Hall–Kier alpha value is -2.64. The summed E-state index contributed by atoms with van der Waals surface area (Å²) in [7, 11) is 1.84. The molecule has 3 heterocycles. The van der Waals surface area contributed by atoms with E-state index >= 15 is 0 Å². The van der Waals surface area contributed by atoms with E-state index in [2.05, 4.69) is 35.9 Å². The van der Waals surface area contributed by atoms with Gasteiger partial charge in [0.05, 0.1) is 11.6 Å². The number of fused-ring (bicyclic) bond motifs is 1. The van der Waals surface area contributed by atoms with Gasteiger partial charge in [-0.25, -0.2) is 0 Å². The fourth-order valence-electron chi connectivity index (χ4n) is 3.90. The zero-order valence-corrected chi connectivity index (χ0v) is 19.3. The maximum Gasteiger partial charge on any atom is 0.249 e. The standard InChI is InChI=1S/C23H34N6O2/c1-6-20-25-22(31-28-20)19(14-16(2)3)29(5)21(30)10-8-7-9-12-23(4)26-17-11-13-24-15-18(17)27-23/h11,13,15-16,19H,6-10,12,14H2,1-5H3. The van der Waals surface area contributed by atoms with Crippen LogP contribution in [0.4, 0.5) is 0 Å². The first-order valence-corrected chi connectivity index (χ1v) is 11.3. The normalized spacial score (nSPS) is 18.4. The second kappa shape index (κ2) is 10.1. The third-order valence-corrected chi connectivity index (χ3v) is 5.68. The summed E-state index contributed by atoms with van der Waals surface area (Å²) >= 11 is 0. The highest BCUT2D eigenvalue weighted by molar-refractivity contribution is 5.76. The van der Waals surface area contributed by atoms with Crippen LogP contribution < -0.4 is 10.7 Å². The Morgan fingerprint density at radius 1 is 1.19 bits per heavy atom. The van der Waals surface area contributed by atoms with Crippen molar-refractivity contribution in [1.82, 2.24) is 20.0 Å². The zero-order valence-electron chi connectivity index (χ0n) is 19.3. The van der Waals surface area contributed by atoms with Gasteiger partial charge in [-0.2, -0.15) is 4.98 Å². The van der Waals surface area contributed by atoms with Gasteiger partial charge in [0.1, 0.15) is 17.1 Å². The number of aromatic nitrogens is 3. The number of unbranched alkanes of at least 4 members (excludes halogenated alkanes) is 2. The molecule has 2 atom stereocenters. The highest BCUT2D eigenvalue weighted by Gasteiger charge is 2.28. The number of aryl methyl sites for hydroxylation is 1. The summed E-state index contributed by atoms with van der Waals surface area (Å²) < 4.78 is 5.45. The predicted octanol–water partition coefficient (Wildman–Crippen LogP) is 3.19. The van der Waals surface area contributed by atoms with Gasteiger partial charge in [0.2, 0.25) is 11.8 Å². The van der Waals surface area contributed by atoms with Gasteiger partial charge in [-0.05, 0) is 44.6 Å². The smallest absolute Gasteiger partial charge is 0.249 e. The molecule has 31 heavy (non-hydrogen) atoms. The number of hydrogen-bond acceptors (Lipinski definition) is 7. The Morgan fingerprint density at radius 2 is 1.97 bits per heavy atom. The molecule has 8 heteroatoms. The summed E-state index contributed by atoms with van der Waals surface area (Å²) in [6.07, 6.45) is 9.17. The van der Waals surface area contributed by atoms with Gasteiger partial charge >= 0.3 is 0 Å². The maximum atomic E-state index is 12.8. The summed E-state index contributed by atoms with van der Waals surface area (Å²) in [5, 5.41) is 5.79. The summed E-state index contributed by atoms with van der Waals surface area (Å²) in [6, 6.07) is 1.72. The summed E-state index contributed by atoms with van der Waals surface area (Å²) in [4.78, 5) is 32.6. The van der Waals surface area contributed by atoms with Crippen molar-refractivity contribution in [3.8, 4) is 0 Å². The molecule has 0 aliphatic carbocycles. The first-order chi connectivity index (χ1) is 14.8. The number of pyridine rings is 1. The quantitative estimate of drug-likeness (QED) is 0.514. The van der Waals surface area contributed by atoms with E-state index in [-0.39, 0.29) is 11.9 Å². The molecule has 0 fully saturated rings. The van der Waals surface area contributed by atoms with Crippen LogP contribution in [0, 0.1) is 5.92 Å². The fraction of sp³-hybridized carbons (Fsp3) is 0.652. The van der Waals surface area contributed by atoms with E-state index < -0.39 is 5.66 Å². The lowest BCUT2D eigenvalue weighted by atomic mass is 10.0. The fourth-order valence-corrected chi connectivity index (χ4v) is 3.90. The van der Waals surface area contributed by atoms with E-state index in [4.69, 9.17) is 14.5 Å². The average molecular weight is 427 g/mol. The highest BCUT2D eigenvalue weighted by atomic mass is 16.5. The second-order valence-electron chi connectivity index (χ2n) is 8.92. The molecule has 0 N–H and O–H groups in total. The molecule has 0 bridgehead atoms. The van der Waals surface area contributed by atoms with Crippen molar-refractivity contribution in [3.05, 3.63) is 40.9 Å². The summed E-state index contributed by atoms with van der Waals surface area (Å²) in [5.41, 5.74) is -0.413. The molecule has 0 saturated heterocycles. The second-order valence-corrected chi connectivity index (χ2v) is 8.92. The van der Waals surface area contributed by atoms with Gasteiger partial charge in [0.15, 0.2) is 5.82 Å². The SMILES string of the molecule is CCc1noc(C(CC(C)C)N(C)C(=O)CCCCCC2(C)N=c3ccncc3=N2)n1. The number of carbonyl (C=O) groups excluding carboxylic acids is 1. The van der Waals surface area contributed by atoms with Crippen LogP contribution in [0.1, 0.15) is 84.0 Å². The number of hydrogen-bond donors (Lipinski definition) is 0. The largest absolute Gasteiger partial charge is 0.337 e. The molecule has 1 aliphatic heterocycles. The van der Waals surface area contributed by atoms with Crippen molar-refractivity contribution in [1.29, 1.82) is 0 Å². The first kappa shape index (κ1) is 23.0. The minimum atomic E-state index is -0.413. The van der Waals surface area contributed by atoms with Gasteiger partial charge in [-0.15, -0.1) is 0 Å². The molecule has 3 rings (SSSR count). The van der Waals surface area contributed by atoms with Gasteiger partial charge in [-0.3, -0.25) is 19.8 Å².